The first-order valence-electron chi connectivity index (χ1n) is 6.18. The molecule has 0 atom stereocenters. The van der Waals surface area contributed by atoms with Crippen molar-refractivity contribution in [1.82, 2.24) is 5.32 Å². The molecule has 0 saturated carbocycles. The van der Waals surface area contributed by atoms with Crippen LogP contribution in [0.25, 0.3) is 0 Å². The van der Waals surface area contributed by atoms with E-state index in [9.17, 15) is 22.4 Å². The molecule has 0 fully saturated rings. The Bertz CT molecular complexity index is 605. The van der Waals surface area contributed by atoms with E-state index in [2.05, 4.69) is 10.6 Å². The maximum atomic E-state index is 13.5. The molecule has 0 radical (unpaired) electrons. The van der Waals surface area contributed by atoms with Crippen LogP contribution in [0.3, 0.4) is 0 Å². The van der Waals surface area contributed by atoms with Gasteiger partial charge in [0.15, 0.2) is 0 Å². The van der Waals surface area contributed by atoms with Crippen molar-refractivity contribution in [1.29, 1.82) is 0 Å². The molecule has 0 aromatic heterocycles. The number of halogens is 4. The summed E-state index contributed by atoms with van der Waals surface area (Å²) in [5.41, 5.74) is -1.04. The van der Waals surface area contributed by atoms with E-state index < -0.39 is 29.3 Å². The smallest absolute Gasteiger partial charge is 0.308 e. The summed E-state index contributed by atoms with van der Waals surface area (Å²) in [6, 6.07) is 1.04. The molecule has 2 amide bonds. The molecule has 2 rings (SSSR count). The number of anilines is 1. The molecule has 2 N–H and O–H groups in total. The van der Waals surface area contributed by atoms with E-state index in [1.807, 2.05) is 6.08 Å². The van der Waals surface area contributed by atoms with Gasteiger partial charge in [-0.1, -0.05) is 12.2 Å². The molecule has 0 heterocycles. The minimum Gasteiger partial charge on any atom is -0.308 e. The molecular weight excluding hydrogens is 288 g/mol. The lowest BCUT2D eigenvalue weighted by atomic mass is 10.1. The van der Waals surface area contributed by atoms with Crippen LogP contribution in [0.1, 0.15) is 18.4 Å². The number of benzene rings is 1. The normalized spacial score (nSPS) is 14.6. The number of amides is 2. The molecule has 0 aliphatic heterocycles. The highest BCUT2D eigenvalue weighted by Gasteiger charge is 2.31. The van der Waals surface area contributed by atoms with Crippen LogP contribution >= 0.6 is 0 Å². The summed E-state index contributed by atoms with van der Waals surface area (Å²) in [6.45, 7) is 0. The van der Waals surface area contributed by atoms with Gasteiger partial charge in [0.1, 0.15) is 5.82 Å². The van der Waals surface area contributed by atoms with Gasteiger partial charge in [-0.15, -0.1) is 0 Å². The number of carbonyl (C=O) groups is 1. The Morgan fingerprint density at radius 1 is 1.14 bits per heavy atom. The third-order valence-electron chi connectivity index (χ3n) is 2.79. The second-order valence-corrected chi connectivity index (χ2v) is 4.41. The third-order valence-corrected chi connectivity index (χ3v) is 2.79. The Hall–Kier alpha value is -2.31. The van der Waals surface area contributed by atoms with Crippen molar-refractivity contribution in [2.45, 2.75) is 19.0 Å². The zero-order valence-electron chi connectivity index (χ0n) is 10.8. The lowest BCUT2D eigenvalue weighted by Gasteiger charge is -2.13. The molecular formula is C14H12F4N2O. The van der Waals surface area contributed by atoms with Crippen molar-refractivity contribution in [3.05, 3.63) is 53.5 Å². The quantitative estimate of drug-likeness (QED) is 0.790. The first-order chi connectivity index (χ1) is 9.86. The molecule has 7 heteroatoms. The Morgan fingerprint density at radius 3 is 2.52 bits per heavy atom. The summed E-state index contributed by atoms with van der Waals surface area (Å²) < 4.78 is 51.1. The highest BCUT2D eigenvalue weighted by molar-refractivity contribution is 5.91. The lowest BCUT2D eigenvalue weighted by Crippen LogP contribution is -2.28. The molecule has 1 aromatic carbocycles. The van der Waals surface area contributed by atoms with Crippen molar-refractivity contribution < 1.29 is 22.4 Å². The number of urea groups is 1. The summed E-state index contributed by atoms with van der Waals surface area (Å²) in [4.78, 5) is 11.6. The van der Waals surface area contributed by atoms with Crippen molar-refractivity contribution in [3.8, 4) is 0 Å². The van der Waals surface area contributed by atoms with Gasteiger partial charge >= 0.3 is 12.2 Å². The van der Waals surface area contributed by atoms with Crippen LogP contribution in [-0.4, -0.2) is 6.03 Å². The van der Waals surface area contributed by atoms with Crippen LogP contribution in [0.4, 0.5) is 28.0 Å². The predicted molar refractivity (Wildman–Crippen MR) is 70.0 cm³/mol. The van der Waals surface area contributed by atoms with Gasteiger partial charge in [-0.25, -0.2) is 9.18 Å². The van der Waals surface area contributed by atoms with E-state index in [1.165, 1.54) is 0 Å². The minimum absolute atomic E-state index is 0.520. The largest absolute Gasteiger partial charge is 0.416 e. The molecule has 0 spiro atoms. The molecule has 1 aromatic rings. The second-order valence-electron chi connectivity index (χ2n) is 4.41. The van der Waals surface area contributed by atoms with Crippen LogP contribution in [0.5, 0.6) is 0 Å². The predicted octanol–water partition coefficient (Wildman–Crippen LogP) is 4.20. The summed E-state index contributed by atoms with van der Waals surface area (Å²) in [7, 11) is 0. The van der Waals surface area contributed by atoms with Crippen molar-refractivity contribution in [2.24, 2.45) is 0 Å². The lowest BCUT2D eigenvalue weighted by molar-refractivity contribution is -0.137. The number of carbonyl (C=O) groups excluding carboxylic acids is 1. The number of hydrogen-bond acceptors (Lipinski definition) is 1. The van der Waals surface area contributed by atoms with Crippen LogP contribution in [0, 0.1) is 5.82 Å². The molecule has 0 unspecified atom stereocenters. The molecule has 1 aliphatic carbocycles. The van der Waals surface area contributed by atoms with Gasteiger partial charge in [0.25, 0.3) is 0 Å². The first kappa shape index (κ1) is 15.1. The van der Waals surface area contributed by atoms with Crippen molar-refractivity contribution in [2.75, 3.05) is 5.32 Å². The average Bonchev–Trinajstić information content (AvgIpc) is 2.41. The van der Waals surface area contributed by atoms with Crippen molar-refractivity contribution in [3.63, 3.8) is 0 Å². The number of rotatable bonds is 2. The molecule has 21 heavy (non-hydrogen) atoms. The van der Waals surface area contributed by atoms with Crippen molar-refractivity contribution >= 4 is 11.7 Å². The van der Waals surface area contributed by atoms with Gasteiger partial charge in [-0.05, 0) is 37.1 Å². The van der Waals surface area contributed by atoms with Gasteiger partial charge in [0.2, 0.25) is 0 Å². The number of hydrogen-bond donors (Lipinski definition) is 2. The number of allylic oxidation sites excluding steroid dienone is 3. The molecule has 0 saturated heterocycles. The monoisotopic (exact) mass is 300 g/mol. The number of alkyl halides is 3. The van der Waals surface area contributed by atoms with E-state index in [0.717, 1.165) is 12.8 Å². The van der Waals surface area contributed by atoms with E-state index in [0.29, 0.717) is 23.9 Å². The average molecular weight is 300 g/mol. The summed E-state index contributed by atoms with van der Waals surface area (Å²) in [5.74, 6) is -0.939. The van der Waals surface area contributed by atoms with Crippen LogP contribution in [0.2, 0.25) is 0 Å². The highest BCUT2D eigenvalue weighted by atomic mass is 19.4. The first-order valence-corrected chi connectivity index (χ1v) is 6.18. The zero-order valence-corrected chi connectivity index (χ0v) is 10.8. The van der Waals surface area contributed by atoms with Crippen LogP contribution < -0.4 is 10.6 Å². The summed E-state index contributed by atoms with van der Waals surface area (Å²) in [6.07, 6.45) is 2.29. The van der Waals surface area contributed by atoms with Gasteiger partial charge < -0.3 is 10.6 Å². The topological polar surface area (TPSA) is 41.1 Å². The fraction of sp³-hybridized carbons (Fsp3) is 0.214. The van der Waals surface area contributed by atoms with E-state index in [1.54, 1.807) is 12.2 Å². The molecule has 112 valence electrons. The Kier molecular flexibility index (Phi) is 4.30. The maximum Gasteiger partial charge on any atom is 0.416 e. The summed E-state index contributed by atoms with van der Waals surface area (Å²) >= 11 is 0. The van der Waals surface area contributed by atoms with Crippen LogP contribution in [0.15, 0.2) is 42.1 Å². The Labute approximate surface area is 118 Å². The van der Waals surface area contributed by atoms with E-state index in [-0.39, 0.29) is 0 Å². The minimum atomic E-state index is -4.60. The molecule has 1 aliphatic rings. The van der Waals surface area contributed by atoms with Gasteiger partial charge in [0.05, 0.1) is 11.3 Å². The standard InChI is InChI=1S/C14H12F4N2O/c15-11-7-6-9(14(16,17)18)8-12(11)20-13(21)19-10-4-2-1-3-5-10/h2,4-8H,1,3H2,(H2,19,20,21). The molecule has 3 nitrogen and oxygen atoms in total. The fourth-order valence-electron chi connectivity index (χ4n) is 1.79. The zero-order chi connectivity index (χ0) is 15.5. The summed E-state index contributed by atoms with van der Waals surface area (Å²) in [5, 5.41) is 4.50. The maximum absolute atomic E-state index is 13.5. The highest BCUT2D eigenvalue weighted by Crippen LogP contribution is 2.31. The Morgan fingerprint density at radius 2 is 1.90 bits per heavy atom. The van der Waals surface area contributed by atoms with Gasteiger partial charge in [-0.3, -0.25) is 0 Å². The van der Waals surface area contributed by atoms with Gasteiger partial charge in [0, 0.05) is 5.70 Å². The fourth-order valence-corrected chi connectivity index (χ4v) is 1.79. The molecule has 0 bridgehead atoms. The van der Waals surface area contributed by atoms with E-state index >= 15 is 0 Å². The third kappa shape index (κ3) is 4.08. The second kappa shape index (κ2) is 5.99. The SMILES string of the molecule is O=C(NC1=CCCC=C1)Nc1cc(C(F)(F)F)ccc1F. The number of nitrogens with one attached hydrogen (secondary N) is 2. The Balaban J connectivity index is 2.10. The van der Waals surface area contributed by atoms with Gasteiger partial charge in [-0.2, -0.15) is 13.2 Å². The van der Waals surface area contributed by atoms with E-state index in [4.69, 9.17) is 0 Å². The van der Waals surface area contributed by atoms with Crippen LogP contribution in [-0.2, 0) is 6.18 Å².